The zero-order chi connectivity index (χ0) is 16.2. The van der Waals surface area contributed by atoms with Gasteiger partial charge in [-0.15, -0.1) is 0 Å². The van der Waals surface area contributed by atoms with Crippen molar-refractivity contribution in [3.05, 3.63) is 0 Å². The summed E-state index contributed by atoms with van der Waals surface area (Å²) in [6.45, 7) is 12.8. The maximum Gasteiger partial charge on any atom is 0.226 e. The van der Waals surface area contributed by atoms with Crippen LogP contribution in [0, 0.1) is 17.3 Å². The Morgan fingerprint density at radius 2 is 1.95 bits per heavy atom. The van der Waals surface area contributed by atoms with Crippen LogP contribution >= 0.6 is 0 Å². The van der Waals surface area contributed by atoms with Crippen molar-refractivity contribution in [2.75, 3.05) is 6.61 Å². The van der Waals surface area contributed by atoms with Crippen molar-refractivity contribution in [3.8, 4) is 0 Å². The summed E-state index contributed by atoms with van der Waals surface area (Å²) >= 11 is 0. The van der Waals surface area contributed by atoms with E-state index in [1.54, 1.807) is 0 Å². The van der Waals surface area contributed by atoms with Gasteiger partial charge in [0.15, 0.2) is 0 Å². The van der Waals surface area contributed by atoms with Crippen molar-refractivity contribution in [2.24, 2.45) is 17.3 Å². The highest BCUT2D eigenvalue weighted by Gasteiger charge is 2.30. The molecule has 0 aromatic carbocycles. The van der Waals surface area contributed by atoms with Gasteiger partial charge in [-0.2, -0.15) is 0 Å². The number of carbonyl (C=O) groups excluding carboxylic acids is 2. The van der Waals surface area contributed by atoms with E-state index in [0.717, 1.165) is 6.42 Å². The third-order valence-electron chi connectivity index (χ3n) is 3.99. The summed E-state index contributed by atoms with van der Waals surface area (Å²) < 4.78 is 5.63. The lowest BCUT2D eigenvalue weighted by Crippen LogP contribution is -2.52. The largest absolute Gasteiger partial charge is 0.356 e. The van der Waals surface area contributed by atoms with E-state index in [4.69, 9.17) is 4.74 Å². The molecule has 2 amide bonds. The second-order valence-corrected chi connectivity index (χ2v) is 7.52. The lowest BCUT2D eigenvalue weighted by Gasteiger charge is -2.31. The van der Waals surface area contributed by atoms with E-state index in [-0.39, 0.29) is 35.4 Å². The van der Waals surface area contributed by atoms with Crippen LogP contribution in [-0.4, -0.2) is 30.7 Å². The lowest BCUT2D eigenvalue weighted by atomic mass is 9.81. The molecule has 5 nitrogen and oxygen atoms in total. The minimum absolute atomic E-state index is 0.0141. The van der Waals surface area contributed by atoms with Crippen LogP contribution in [0.25, 0.3) is 0 Å². The van der Waals surface area contributed by atoms with Crippen LogP contribution in [0.1, 0.15) is 54.4 Å². The predicted molar refractivity (Wildman–Crippen MR) is 82.5 cm³/mol. The molecule has 0 aromatic heterocycles. The number of hydrogen-bond acceptors (Lipinski definition) is 3. The van der Waals surface area contributed by atoms with E-state index in [2.05, 4.69) is 45.3 Å². The molecule has 1 aliphatic heterocycles. The summed E-state index contributed by atoms with van der Waals surface area (Å²) in [4.78, 5) is 23.2. The van der Waals surface area contributed by atoms with E-state index >= 15 is 0 Å². The average Bonchev–Trinajstić information content (AvgIpc) is 2.29. The molecule has 5 heteroatoms. The Labute approximate surface area is 128 Å². The number of hydrogen-bond donors (Lipinski definition) is 2. The van der Waals surface area contributed by atoms with E-state index < -0.39 is 0 Å². The first-order chi connectivity index (χ1) is 9.59. The number of rotatable bonds is 7. The van der Waals surface area contributed by atoms with Crippen LogP contribution in [0.2, 0.25) is 0 Å². The van der Waals surface area contributed by atoms with Crippen molar-refractivity contribution in [1.29, 1.82) is 0 Å². The molecule has 1 rings (SSSR count). The fourth-order valence-corrected chi connectivity index (χ4v) is 2.12. The fraction of sp³-hybridized carbons (Fsp3) is 0.875. The maximum atomic E-state index is 12.3. The normalized spacial score (nSPS) is 21.5. The van der Waals surface area contributed by atoms with Gasteiger partial charge < -0.3 is 15.4 Å². The van der Waals surface area contributed by atoms with Gasteiger partial charge >= 0.3 is 0 Å². The summed E-state index contributed by atoms with van der Waals surface area (Å²) in [7, 11) is 0. The highest BCUT2D eigenvalue weighted by atomic mass is 16.5. The van der Waals surface area contributed by atoms with Crippen molar-refractivity contribution in [3.63, 3.8) is 0 Å². The third kappa shape index (κ3) is 6.04. The van der Waals surface area contributed by atoms with E-state index in [1.165, 1.54) is 0 Å². The van der Waals surface area contributed by atoms with Crippen LogP contribution in [0.4, 0.5) is 0 Å². The van der Waals surface area contributed by atoms with Crippen LogP contribution in [0.15, 0.2) is 0 Å². The molecule has 0 spiro atoms. The molecular formula is C16H30N2O3. The second kappa shape index (κ2) is 7.25. The number of amides is 2. The monoisotopic (exact) mass is 298 g/mol. The van der Waals surface area contributed by atoms with Gasteiger partial charge in [0.2, 0.25) is 11.8 Å². The second-order valence-electron chi connectivity index (χ2n) is 7.52. The first kappa shape index (κ1) is 18.0. The molecule has 1 unspecified atom stereocenters. The Morgan fingerprint density at radius 1 is 1.38 bits per heavy atom. The molecule has 21 heavy (non-hydrogen) atoms. The first-order valence-electron chi connectivity index (χ1n) is 7.81. The van der Waals surface area contributed by atoms with Crippen LogP contribution < -0.4 is 10.6 Å². The van der Waals surface area contributed by atoms with Gasteiger partial charge in [-0.3, -0.25) is 9.59 Å². The molecule has 0 saturated carbocycles. The van der Waals surface area contributed by atoms with Gasteiger partial charge in [0.25, 0.3) is 0 Å². The van der Waals surface area contributed by atoms with Gasteiger partial charge in [-0.05, 0) is 17.8 Å². The third-order valence-corrected chi connectivity index (χ3v) is 3.99. The molecule has 122 valence electrons. The highest BCUT2D eigenvalue weighted by molar-refractivity contribution is 5.82. The molecule has 1 aliphatic rings. The highest BCUT2D eigenvalue weighted by Crippen LogP contribution is 2.25. The summed E-state index contributed by atoms with van der Waals surface area (Å²) in [6, 6.07) is -0.0141. The minimum Gasteiger partial charge on any atom is -0.356 e. The van der Waals surface area contributed by atoms with Gasteiger partial charge in [-0.1, -0.05) is 41.5 Å². The van der Waals surface area contributed by atoms with E-state index in [1.807, 2.05) is 6.92 Å². The number of carbonyl (C=O) groups is 2. The van der Waals surface area contributed by atoms with Crippen molar-refractivity contribution >= 4 is 11.8 Å². The quantitative estimate of drug-likeness (QED) is 0.707. The Morgan fingerprint density at radius 3 is 2.38 bits per heavy atom. The maximum absolute atomic E-state index is 12.3. The summed E-state index contributed by atoms with van der Waals surface area (Å²) in [5.41, 5.74) is -0.0602. The lowest BCUT2D eigenvalue weighted by molar-refractivity contribution is -0.142. The van der Waals surface area contributed by atoms with Crippen molar-refractivity contribution in [2.45, 2.75) is 66.7 Å². The molecule has 0 radical (unpaired) electrons. The molecule has 1 saturated heterocycles. The first-order valence-corrected chi connectivity index (χ1v) is 7.81. The number of ether oxygens (including phenoxy) is 1. The molecule has 2 N–H and O–H groups in total. The SMILES string of the molecule is CC(C)C[C@@H](COC1CC(=O)N1)NC(=O)[C@@H](C)C(C)(C)C. The standard InChI is InChI=1S/C16H30N2O3/c1-10(2)7-12(9-21-14-8-13(19)18-14)17-15(20)11(3)16(4,5)6/h10-12,14H,7-9H2,1-6H3,(H,17,20)(H,18,19)/t11-,12+,14?/m1/s1. The Hall–Kier alpha value is -1.10. The number of β-lactam (4-membered cyclic amide) rings is 1. The van der Waals surface area contributed by atoms with E-state index in [0.29, 0.717) is 18.9 Å². The molecule has 0 bridgehead atoms. The Kier molecular flexibility index (Phi) is 6.20. The van der Waals surface area contributed by atoms with E-state index in [9.17, 15) is 9.59 Å². The van der Waals surface area contributed by atoms with Gasteiger partial charge in [0, 0.05) is 5.92 Å². The zero-order valence-electron chi connectivity index (χ0n) is 14.2. The Balaban J connectivity index is 2.48. The van der Waals surface area contributed by atoms with Gasteiger partial charge in [0.05, 0.1) is 19.1 Å². The van der Waals surface area contributed by atoms with Crippen LogP contribution in [0.5, 0.6) is 0 Å². The zero-order valence-corrected chi connectivity index (χ0v) is 14.2. The molecule has 3 atom stereocenters. The summed E-state index contributed by atoms with van der Waals surface area (Å²) in [5.74, 6) is 0.496. The summed E-state index contributed by atoms with van der Waals surface area (Å²) in [6.07, 6.45) is 1.09. The van der Waals surface area contributed by atoms with Crippen molar-refractivity contribution in [1.82, 2.24) is 10.6 Å². The minimum atomic E-state index is -0.191. The smallest absolute Gasteiger partial charge is 0.226 e. The van der Waals surface area contributed by atoms with Crippen LogP contribution in [-0.2, 0) is 14.3 Å². The fourth-order valence-electron chi connectivity index (χ4n) is 2.12. The molecule has 1 fully saturated rings. The molecule has 1 heterocycles. The summed E-state index contributed by atoms with van der Waals surface area (Å²) in [5, 5.41) is 5.77. The molecular weight excluding hydrogens is 268 g/mol. The van der Waals surface area contributed by atoms with Gasteiger partial charge in [0.1, 0.15) is 6.23 Å². The van der Waals surface area contributed by atoms with Gasteiger partial charge in [-0.25, -0.2) is 0 Å². The number of nitrogens with one attached hydrogen (secondary N) is 2. The Bertz CT molecular complexity index is 366. The average molecular weight is 298 g/mol. The van der Waals surface area contributed by atoms with Crippen molar-refractivity contribution < 1.29 is 14.3 Å². The molecule has 0 aromatic rings. The van der Waals surface area contributed by atoms with Crippen LogP contribution in [0.3, 0.4) is 0 Å². The molecule has 0 aliphatic carbocycles. The topological polar surface area (TPSA) is 67.4 Å². The predicted octanol–water partition coefficient (Wildman–Crippen LogP) is 2.06.